The topological polar surface area (TPSA) is 47.6 Å². The fraction of sp³-hybridized carbons (Fsp3) is 0.143. The van der Waals surface area contributed by atoms with Crippen LogP contribution in [0.1, 0.15) is 0 Å². The lowest BCUT2D eigenvalue weighted by atomic mass is 10.4. The van der Waals surface area contributed by atoms with E-state index in [0.717, 1.165) is 9.99 Å². The second kappa shape index (κ2) is 4.12. The van der Waals surface area contributed by atoms with Crippen molar-refractivity contribution in [2.45, 2.75) is 0 Å². The Balaban J connectivity index is 2.89. The molecule has 0 bridgehead atoms. The van der Waals surface area contributed by atoms with E-state index in [0.29, 0.717) is 0 Å². The first-order valence-electron chi connectivity index (χ1n) is 2.87. The van der Waals surface area contributed by atoms with Crippen LogP contribution in [0, 0.1) is 22.7 Å². The van der Waals surface area contributed by atoms with E-state index in [4.69, 9.17) is 10.5 Å². The molecule has 0 aromatic carbocycles. The van der Waals surface area contributed by atoms with Gasteiger partial charge < -0.3 is 0 Å². The minimum absolute atomic E-state index is 0.226. The Kier molecular flexibility index (Phi) is 3.10. The number of nitriles is 2. The van der Waals surface area contributed by atoms with E-state index in [9.17, 15) is 0 Å². The van der Waals surface area contributed by atoms with Crippen LogP contribution >= 0.6 is 23.5 Å². The highest BCUT2D eigenvalue weighted by Gasteiger charge is 2.08. The molecule has 2 nitrogen and oxygen atoms in total. The van der Waals surface area contributed by atoms with E-state index in [1.54, 1.807) is 0 Å². The summed E-state index contributed by atoms with van der Waals surface area (Å²) in [4.78, 5) is 0. The van der Waals surface area contributed by atoms with Gasteiger partial charge in [-0.3, -0.25) is 0 Å². The molecule has 1 aliphatic heterocycles. The molecule has 0 aliphatic carbocycles. The van der Waals surface area contributed by atoms with Gasteiger partial charge in [-0.05, 0) is 5.41 Å². The maximum atomic E-state index is 8.50. The Morgan fingerprint density at radius 3 is 2.64 bits per heavy atom. The van der Waals surface area contributed by atoms with E-state index in [1.807, 2.05) is 23.6 Å². The summed E-state index contributed by atoms with van der Waals surface area (Å²) in [5.41, 5.74) is 0.226. The van der Waals surface area contributed by atoms with Gasteiger partial charge in [0.1, 0.15) is 17.7 Å². The summed E-state index contributed by atoms with van der Waals surface area (Å²) in [6.45, 7) is 0. The van der Waals surface area contributed by atoms with Gasteiger partial charge in [-0.25, -0.2) is 0 Å². The maximum absolute atomic E-state index is 8.50. The first kappa shape index (κ1) is 8.26. The summed E-state index contributed by atoms with van der Waals surface area (Å²) in [6, 6.07) is 3.73. The van der Waals surface area contributed by atoms with Crippen molar-refractivity contribution >= 4 is 23.5 Å². The molecule has 0 atom stereocenters. The van der Waals surface area contributed by atoms with Gasteiger partial charge in [0, 0.05) is 5.75 Å². The highest BCUT2D eigenvalue weighted by molar-refractivity contribution is 8.24. The van der Waals surface area contributed by atoms with Crippen LogP contribution < -0.4 is 0 Å². The van der Waals surface area contributed by atoms with Crippen molar-refractivity contribution in [3.8, 4) is 12.1 Å². The third-order valence-corrected chi connectivity index (χ3v) is 3.22. The molecule has 1 rings (SSSR count). The van der Waals surface area contributed by atoms with Gasteiger partial charge in [0.2, 0.25) is 0 Å². The predicted molar refractivity (Wildman–Crippen MR) is 47.4 cm³/mol. The van der Waals surface area contributed by atoms with Crippen LogP contribution in [0.25, 0.3) is 0 Å². The van der Waals surface area contributed by atoms with Crippen molar-refractivity contribution in [2.75, 3.05) is 5.75 Å². The fourth-order valence-corrected chi connectivity index (χ4v) is 2.42. The Labute approximate surface area is 73.6 Å². The number of hydrogen-bond donors (Lipinski definition) is 0. The quantitative estimate of drug-likeness (QED) is 0.536. The average molecular weight is 180 g/mol. The molecule has 0 N–H and O–H groups in total. The largest absolute Gasteiger partial charge is 0.192 e. The molecule has 0 radical (unpaired) electrons. The molecule has 0 saturated heterocycles. The third kappa shape index (κ3) is 2.04. The Bertz CT molecular complexity index is 275. The molecule has 0 saturated carbocycles. The second-order valence-corrected chi connectivity index (χ2v) is 3.89. The zero-order valence-electron chi connectivity index (χ0n) is 5.57. The Hall–Kier alpha value is -0.840. The lowest BCUT2D eigenvalue weighted by Gasteiger charge is -2.05. The van der Waals surface area contributed by atoms with Crippen LogP contribution in [0.15, 0.2) is 21.3 Å². The number of hydrogen-bond acceptors (Lipinski definition) is 4. The summed E-state index contributed by atoms with van der Waals surface area (Å²) in [5, 5.41) is 18.9. The van der Waals surface area contributed by atoms with Crippen molar-refractivity contribution in [1.29, 1.82) is 10.5 Å². The zero-order chi connectivity index (χ0) is 8.10. The van der Waals surface area contributed by atoms with Crippen molar-refractivity contribution in [3.05, 3.63) is 21.3 Å². The normalized spacial score (nSPS) is 15.3. The van der Waals surface area contributed by atoms with Gasteiger partial charge in [-0.1, -0.05) is 17.8 Å². The number of nitrogens with zero attached hydrogens (tertiary/aromatic N) is 2. The zero-order valence-corrected chi connectivity index (χ0v) is 7.21. The van der Waals surface area contributed by atoms with E-state index >= 15 is 0 Å². The van der Waals surface area contributed by atoms with Crippen LogP contribution in [-0.2, 0) is 0 Å². The lowest BCUT2D eigenvalue weighted by molar-refractivity contribution is 1.46. The van der Waals surface area contributed by atoms with Crippen LogP contribution in [0.3, 0.4) is 0 Å². The van der Waals surface area contributed by atoms with Crippen molar-refractivity contribution in [1.82, 2.24) is 0 Å². The molecule has 0 unspecified atom stereocenters. The summed E-state index contributed by atoms with van der Waals surface area (Å²) in [5.74, 6) is 0.856. The van der Waals surface area contributed by atoms with Crippen molar-refractivity contribution < 1.29 is 0 Å². The van der Waals surface area contributed by atoms with Crippen LogP contribution in [0.2, 0.25) is 0 Å². The summed E-state index contributed by atoms with van der Waals surface area (Å²) in [7, 11) is 0. The van der Waals surface area contributed by atoms with Gasteiger partial charge >= 0.3 is 0 Å². The predicted octanol–water partition coefficient (Wildman–Crippen LogP) is 2.24. The third-order valence-electron chi connectivity index (χ3n) is 1.01. The monoisotopic (exact) mass is 180 g/mol. The molecular weight excluding hydrogens is 176 g/mol. The SMILES string of the molecule is N#CC(C#N)=C1SC=CCS1. The molecule has 1 heterocycles. The van der Waals surface area contributed by atoms with Crippen LogP contribution in [-0.4, -0.2) is 5.75 Å². The molecule has 0 fully saturated rings. The maximum Gasteiger partial charge on any atom is 0.149 e. The van der Waals surface area contributed by atoms with E-state index in [1.165, 1.54) is 23.5 Å². The Morgan fingerprint density at radius 1 is 1.45 bits per heavy atom. The van der Waals surface area contributed by atoms with Gasteiger partial charge in [-0.2, -0.15) is 10.5 Å². The van der Waals surface area contributed by atoms with Gasteiger partial charge in [0.25, 0.3) is 0 Å². The highest BCUT2D eigenvalue weighted by atomic mass is 32.2. The van der Waals surface area contributed by atoms with E-state index < -0.39 is 0 Å². The minimum atomic E-state index is 0.226. The summed E-state index contributed by atoms with van der Waals surface area (Å²) >= 11 is 2.97. The lowest BCUT2D eigenvalue weighted by Crippen LogP contribution is -1.83. The standard InChI is InChI=1S/C7H4N2S2/c8-4-6(5-9)7-10-2-1-3-11-7/h1-2H,3H2. The molecule has 0 aromatic heterocycles. The van der Waals surface area contributed by atoms with Gasteiger partial charge in [0.05, 0.1) is 4.24 Å². The van der Waals surface area contributed by atoms with Gasteiger partial charge in [-0.15, -0.1) is 11.8 Å². The molecule has 1 aliphatic rings. The molecule has 0 amide bonds. The van der Waals surface area contributed by atoms with Crippen molar-refractivity contribution in [3.63, 3.8) is 0 Å². The van der Waals surface area contributed by atoms with E-state index in [2.05, 4.69) is 0 Å². The van der Waals surface area contributed by atoms with Gasteiger partial charge in [0.15, 0.2) is 0 Å². The van der Waals surface area contributed by atoms with E-state index in [-0.39, 0.29) is 5.57 Å². The van der Waals surface area contributed by atoms with Crippen LogP contribution in [0.5, 0.6) is 0 Å². The number of allylic oxidation sites excluding steroid dienone is 1. The molecular formula is C7H4N2S2. The first-order chi connectivity index (χ1) is 5.38. The fourth-order valence-electron chi connectivity index (χ4n) is 0.554. The number of rotatable bonds is 0. The molecule has 0 spiro atoms. The molecule has 0 aromatic rings. The second-order valence-electron chi connectivity index (χ2n) is 1.69. The smallest absolute Gasteiger partial charge is 0.149 e. The average Bonchev–Trinajstić information content (AvgIpc) is 2.09. The van der Waals surface area contributed by atoms with Crippen LogP contribution in [0.4, 0.5) is 0 Å². The first-order valence-corrected chi connectivity index (χ1v) is 4.74. The van der Waals surface area contributed by atoms with Crippen molar-refractivity contribution in [2.24, 2.45) is 0 Å². The highest BCUT2D eigenvalue weighted by Crippen LogP contribution is 2.35. The molecule has 54 valence electrons. The number of thioether (sulfide) groups is 2. The minimum Gasteiger partial charge on any atom is -0.192 e. The molecule has 4 heteroatoms. The summed E-state index contributed by atoms with van der Waals surface area (Å²) < 4.78 is 0.817. The molecule has 11 heavy (non-hydrogen) atoms. The Morgan fingerprint density at radius 2 is 2.18 bits per heavy atom. The summed E-state index contributed by atoms with van der Waals surface area (Å²) in [6.07, 6.45) is 2.01.